The third kappa shape index (κ3) is 3.70. The molecule has 0 aromatic heterocycles. The lowest BCUT2D eigenvalue weighted by Crippen LogP contribution is -2.02. The Balaban J connectivity index is 2.85. The second-order valence-electron chi connectivity index (χ2n) is 7.04. The second kappa shape index (κ2) is 8.27. The molecular weight excluding hydrogens is 320 g/mol. The van der Waals surface area contributed by atoms with Crippen LogP contribution in [0.5, 0.6) is 11.5 Å². The summed E-state index contributed by atoms with van der Waals surface area (Å²) in [6.45, 7) is 15.7. The second-order valence-corrected chi connectivity index (χ2v) is 7.04. The number of phenols is 2. The standard InChI is InChI=1S/C24H30O2/c1-7-9-11-19-15(3)13-16(4)24(26)23(19)21-14-22(25)18(6)17(5)20(21)12-10-8-2/h7-8,13-14,25-26H,1-2,9-12H2,3-6H3. The monoisotopic (exact) mass is 350 g/mol. The van der Waals surface area contributed by atoms with Crippen LogP contribution in [0.15, 0.2) is 37.4 Å². The number of benzene rings is 2. The summed E-state index contributed by atoms with van der Waals surface area (Å²) in [5, 5.41) is 21.4. The molecule has 2 aromatic rings. The largest absolute Gasteiger partial charge is 0.508 e. The fraction of sp³-hybridized carbons (Fsp3) is 0.333. The number of phenolic OH excluding ortho intramolecular Hbond substituents is 2. The maximum Gasteiger partial charge on any atom is 0.126 e. The number of rotatable bonds is 7. The quantitative estimate of drug-likeness (QED) is 0.581. The summed E-state index contributed by atoms with van der Waals surface area (Å²) in [5.41, 5.74) is 8.05. The van der Waals surface area contributed by atoms with Gasteiger partial charge in [-0.25, -0.2) is 0 Å². The summed E-state index contributed by atoms with van der Waals surface area (Å²) in [5.74, 6) is 0.574. The van der Waals surface area contributed by atoms with Crippen molar-refractivity contribution >= 4 is 0 Å². The zero-order valence-electron chi connectivity index (χ0n) is 16.4. The highest BCUT2D eigenvalue weighted by molar-refractivity contribution is 5.81. The number of hydrogen-bond acceptors (Lipinski definition) is 2. The van der Waals surface area contributed by atoms with Crippen LogP contribution in [0.1, 0.15) is 46.2 Å². The van der Waals surface area contributed by atoms with Crippen LogP contribution in [0, 0.1) is 27.7 Å². The van der Waals surface area contributed by atoms with Crippen LogP contribution in [-0.2, 0) is 12.8 Å². The maximum absolute atomic E-state index is 10.9. The van der Waals surface area contributed by atoms with Crippen molar-refractivity contribution in [3.05, 3.63) is 70.8 Å². The summed E-state index contributed by atoms with van der Waals surface area (Å²) in [6, 6.07) is 3.84. The van der Waals surface area contributed by atoms with Crippen LogP contribution in [-0.4, -0.2) is 10.2 Å². The van der Waals surface area contributed by atoms with E-state index in [-0.39, 0.29) is 5.75 Å². The smallest absolute Gasteiger partial charge is 0.126 e. The summed E-state index contributed by atoms with van der Waals surface area (Å²) in [6.07, 6.45) is 7.15. The Morgan fingerprint density at radius 3 is 1.96 bits per heavy atom. The number of aryl methyl sites for hydroxylation is 2. The Labute approximate surface area is 157 Å². The Hall–Kier alpha value is -2.48. The molecule has 0 saturated heterocycles. The van der Waals surface area contributed by atoms with Crippen molar-refractivity contribution in [1.82, 2.24) is 0 Å². The van der Waals surface area contributed by atoms with E-state index in [4.69, 9.17) is 0 Å². The lowest BCUT2D eigenvalue weighted by molar-refractivity contribution is 0.468. The first kappa shape index (κ1) is 19.8. The van der Waals surface area contributed by atoms with Gasteiger partial charge in [0, 0.05) is 5.56 Å². The molecule has 0 radical (unpaired) electrons. The Morgan fingerprint density at radius 2 is 1.38 bits per heavy atom. The van der Waals surface area contributed by atoms with Crippen LogP contribution >= 0.6 is 0 Å². The molecule has 0 aliphatic rings. The zero-order chi connectivity index (χ0) is 19.4. The van der Waals surface area contributed by atoms with Gasteiger partial charge in [-0.05, 0) is 98.4 Å². The van der Waals surface area contributed by atoms with E-state index in [9.17, 15) is 10.2 Å². The predicted octanol–water partition coefficient (Wildman–Crippen LogP) is 6.24. The molecule has 0 atom stereocenters. The average molecular weight is 351 g/mol. The van der Waals surface area contributed by atoms with E-state index in [2.05, 4.69) is 20.1 Å². The highest BCUT2D eigenvalue weighted by Crippen LogP contribution is 2.43. The van der Waals surface area contributed by atoms with E-state index in [1.807, 2.05) is 45.1 Å². The average Bonchev–Trinajstić information content (AvgIpc) is 2.61. The minimum Gasteiger partial charge on any atom is -0.508 e. The summed E-state index contributed by atoms with van der Waals surface area (Å²) in [4.78, 5) is 0. The van der Waals surface area contributed by atoms with Gasteiger partial charge >= 0.3 is 0 Å². The van der Waals surface area contributed by atoms with Gasteiger partial charge in [0.15, 0.2) is 0 Å². The van der Waals surface area contributed by atoms with Crippen molar-refractivity contribution in [2.24, 2.45) is 0 Å². The highest BCUT2D eigenvalue weighted by Gasteiger charge is 2.21. The maximum atomic E-state index is 10.9. The van der Waals surface area contributed by atoms with Gasteiger partial charge in [-0.1, -0.05) is 18.2 Å². The van der Waals surface area contributed by atoms with E-state index in [1.54, 1.807) is 0 Å². The fourth-order valence-electron chi connectivity index (χ4n) is 3.62. The van der Waals surface area contributed by atoms with Gasteiger partial charge in [0.2, 0.25) is 0 Å². The SMILES string of the molecule is C=CCCc1c(-c2c(O)c(C)cc(C)c2CCC=C)cc(O)c(C)c1C. The highest BCUT2D eigenvalue weighted by atomic mass is 16.3. The fourth-order valence-corrected chi connectivity index (χ4v) is 3.62. The van der Waals surface area contributed by atoms with Crippen molar-refractivity contribution in [1.29, 1.82) is 0 Å². The predicted molar refractivity (Wildman–Crippen MR) is 111 cm³/mol. The first-order valence-corrected chi connectivity index (χ1v) is 9.19. The van der Waals surface area contributed by atoms with Crippen LogP contribution in [0.25, 0.3) is 11.1 Å². The van der Waals surface area contributed by atoms with E-state index < -0.39 is 0 Å². The number of hydrogen-bond donors (Lipinski definition) is 2. The van der Waals surface area contributed by atoms with E-state index in [0.29, 0.717) is 5.75 Å². The molecule has 0 spiro atoms. The molecule has 2 heteroatoms. The molecule has 0 aliphatic heterocycles. The van der Waals surface area contributed by atoms with E-state index >= 15 is 0 Å². The number of allylic oxidation sites excluding steroid dienone is 2. The molecule has 2 nitrogen and oxygen atoms in total. The summed E-state index contributed by atoms with van der Waals surface area (Å²) in [7, 11) is 0. The van der Waals surface area contributed by atoms with Gasteiger partial charge in [-0.2, -0.15) is 0 Å². The first-order valence-electron chi connectivity index (χ1n) is 9.19. The number of aromatic hydroxyl groups is 2. The normalized spacial score (nSPS) is 10.8. The summed E-state index contributed by atoms with van der Waals surface area (Å²) < 4.78 is 0. The van der Waals surface area contributed by atoms with Crippen LogP contribution < -0.4 is 0 Å². The van der Waals surface area contributed by atoms with Gasteiger partial charge in [-0.3, -0.25) is 0 Å². The minimum absolute atomic E-state index is 0.271. The van der Waals surface area contributed by atoms with Crippen molar-refractivity contribution in [3.63, 3.8) is 0 Å². The van der Waals surface area contributed by atoms with Crippen molar-refractivity contribution in [2.75, 3.05) is 0 Å². The van der Waals surface area contributed by atoms with Crippen molar-refractivity contribution < 1.29 is 10.2 Å². The topological polar surface area (TPSA) is 40.5 Å². The van der Waals surface area contributed by atoms with Gasteiger partial charge in [-0.15, -0.1) is 13.2 Å². The Kier molecular flexibility index (Phi) is 6.31. The van der Waals surface area contributed by atoms with Crippen LogP contribution in [0.3, 0.4) is 0 Å². The van der Waals surface area contributed by atoms with Gasteiger partial charge in [0.1, 0.15) is 11.5 Å². The molecule has 0 saturated carbocycles. The van der Waals surface area contributed by atoms with Crippen LogP contribution in [0.4, 0.5) is 0 Å². The van der Waals surface area contributed by atoms with Crippen molar-refractivity contribution in [2.45, 2.75) is 53.4 Å². The molecule has 26 heavy (non-hydrogen) atoms. The molecule has 2 rings (SSSR count). The Bertz CT molecular complexity index is 844. The van der Waals surface area contributed by atoms with Gasteiger partial charge in [0.05, 0.1) is 0 Å². The minimum atomic E-state index is 0.271. The van der Waals surface area contributed by atoms with Crippen LogP contribution in [0.2, 0.25) is 0 Å². The molecule has 0 amide bonds. The first-order chi connectivity index (χ1) is 12.3. The molecule has 0 bridgehead atoms. The molecular formula is C24H30O2. The third-order valence-corrected chi connectivity index (χ3v) is 5.29. The zero-order valence-corrected chi connectivity index (χ0v) is 16.4. The molecule has 0 unspecified atom stereocenters. The molecule has 0 aliphatic carbocycles. The molecule has 0 fully saturated rings. The van der Waals surface area contributed by atoms with E-state index in [1.165, 1.54) is 5.56 Å². The Morgan fingerprint density at radius 1 is 0.808 bits per heavy atom. The summed E-state index contributed by atoms with van der Waals surface area (Å²) >= 11 is 0. The third-order valence-electron chi connectivity index (χ3n) is 5.29. The molecule has 0 heterocycles. The molecule has 2 aromatic carbocycles. The molecule has 138 valence electrons. The van der Waals surface area contributed by atoms with E-state index in [0.717, 1.165) is 64.6 Å². The lowest BCUT2D eigenvalue weighted by atomic mass is 9.84. The molecule has 2 N–H and O–H groups in total. The van der Waals surface area contributed by atoms with Crippen molar-refractivity contribution in [3.8, 4) is 22.6 Å². The van der Waals surface area contributed by atoms with Gasteiger partial charge in [0.25, 0.3) is 0 Å². The lowest BCUT2D eigenvalue weighted by Gasteiger charge is -2.22. The van der Waals surface area contributed by atoms with Gasteiger partial charge < -0.3 is 10.2 Å².